The van der Waals surface area contributed by atoms with Crippen molar-refractivity contribution >= 4 is 46.3 Å². The zero-order chi connectivity index (χ0) is 18.1. The maximum atomic E-state index is 12.2. The van der Waals surface area contributed by atoms with Gasteiger partial charge in [0.25, 0.3) is 5.91 Å². The predicted octanol–water partition coefficient (Wildman–Crippen LogP) is 3.23. The average Bonchev–Trinajstić information content (AvgIpc) is 3.13. The highest BCUT2D eigenvalue weighted by molar-refractivity contribution is 7.98. The first-order valence-corrected chi connectivity index (χ1v) is 10.7. The van der Waals surface area contributed by atoms with E-state index in [2.05, 4.69) is 46.5 Å². The number of nitrogens with zero attached hydrogens (tertiary/aromatic N) is 1. The van der Waals surface area contributed by atoms with E-state index in [9.17, 15) is 4.79 Å². The van der Waals surface area contributed by atoms with Gasteiger partial charge >= 0.3 is 0 Å². The Bertz CT molecular complexity index is 700. The molecule has 2 aromatic rings. The molecule has 0 bridgehead atoms. The van der Waals surface area contributed by atoms with Crippen LogP contribution in [0.1, 0.15) is 29.4 Å². The summed E-state index contributed by atoms with van der Waals surface area (Å²) in [5, 5.41) is 6.01. The Labute approximate surface area is 162 Å². The molecule has 5 nitrogen and oxygen atoms in total. The molecule has 0 saturated heterocycles. The predicted molar refractivity (Wildman–Crippen MR) is 111 cm³/mol. The van der Waals surface area contributed by atoms with Crippen LogP contribution in [-0.4, -0.2) is 34.6 Å². The van der Waals surface area contributed by atoms with E-state index in [0.717, 1.165) is 35.7 Å². The SMILES string of the molecule is CCc1ccc(-c2nc(C(=O)NNC(=S)NCCCSC)cs2)cc1. The van der Waals surface area contributed by atoms with Crippen LogP contribution in [0.15, 0.2) is 29.6 Å². The van der Waals surface area contributed by atoms with E-state index >= 15 is 0 Å². The molecule has 0 fully saturated rings. The normalized spacial score (nSPS) is 10.3. The van der Waals surface area contributed by atoms with Gasteiger partial charge in [0.2, 0.25) is 0 Å². The molecule has 0 unspecified atom stereocenters. The van der Waals surface area contributed by atoms with E-state index in [4.69, 9.17) is 12.2 Å². The number of benzene rings is 1. The zero-order valence-corrected chi connectivity index (χ0v) is 16.7. The van der Waals surface area contributed by atoms with Crippen LogP contribution in [0.5, 0.6) is 0 Å². The number of carbonyl (C=O) groups is 1. The highest BCUT2D eigenvalue weighted by Crippen LogP contribution is 2.24. The van der Waals surface area contributed by atoms with Crippen LogP contribution in [0.3, 0.4) is 0 Å². The van der Waals surface area contributed by atoms with E-state index in [0.29, 0.717) is 10.8 Å². The molecule has 1 amide bonds. The largest absolute Gasteiger partial charge is 0.361 e. The minimum atomic E-state index is -0.305. The Kier molecular flexibility index (Phi) is 8.17. The Morgan fingerprint density at radius 3 is 2.72 bits per heavy atom. The number of carbonyl (C=O) groups excluding carboxylic acids is 1. The van der Waals surface area contributed by atoms with Gasteiger partial charge in [0.1, 0.15) is 10.7 Å². The maximum absolute atomic E-state index is 12.2. The fourth-order valence-corrected chi connectivity index (χ4v) is 3.43. The highest BCUT2D eigenvalue weighted by atomic mass is 32.2. The molecule has 2 rings (SSSR count). The second kappa shape index (κ2) is 10.4. The molecule has 0 aliphatic rings. The number of aromatic nitrogens is 1. The number of thiazole rings is 1. The molecular formula is C17H22N4OS3. The van der Waals surface area contributed by atoms with Crippen molar-refractivity contribution in [2.24, 2.45) is 0 Å². The van der Waals surface area contributed by atoms with E-state index < -0.39 is 0 Å². The molecular weight excluding hydrogens is 372 g/mol. The average molecular weight is 395 g/mol. The molecule has 1 aromatic heterocycles. The molecule has 3 N–H and O–H groups in total. The topological polar surface area (TPSA) is 66.0 Å². The van der Waals surface area contributed by atoms with Crippen molar-refractivity contribution in [1.82, 2.24) is 21.2 Å². The lowest BCUT2D eigenvalue weighted by molar-refractivity contribution is 0.0939. The first-order chi connectivity index (χ1) is 12.1. The monoisotopic (exact) mass is 394 g/mol. The van der Waals surface area contributed by atoms with Gasteiger partial charge in [-0.1, -0.05) is 31.2 Å². The molecule has 1 aromatic carbocycles. The molecule has 0 aliphatic carbocycles. The minimum absolute atomic E-state index is 0.305. The number of rotatable bonds is 7. The van der Waals surface area contributed by atoms with E-state index in [-0.39, 0.29) is 5.91 Å². The minimum Gasteiger partial charge on any atom is -0.361 e. The lowest BCUT2D eigenvalue weighted by Crippen LogP contribution is -2.47. The fraction of sp³-hybridized carbons (Fsp3) is 0.353. The summed E-state index contributed by atoms with van der Waals surface area (Å²) in [5.74, 6) is 0.768. The summed E-state index contributed by atoms with van der Waals surface area (Å²) >= 11 is 8.35. The quantitative estimate of drug-likeness (QED) is 0.381. The first-order valence-electron chi connectivity index (χ1n) is 8.02. The van der Waals surface area contributed by atoms with Crippen molar-refractivity contribution in [1.29, 1.82) is 0 Å². The van der Waals surface area contributed by atoms with Crippen molar-refractivity contribution in [3.63, 3.8) is 0 Å². The number of aryl methyl sites for hydroxylation is 1. The summed E-state index contributed by atoms with van der Waals surface area (Å²) < 4.78 is 0. The summed E-state index contributed by atoms with van der Waals surface area (Å²) in [7, 11) is 0. The Morgan fingerprint density at radius 1 is 1.28 bits per heavy atom. The smallest absolute Gasteiger partial charge is 0.289 e. The summed E-state index contributed by atoms with van der Waals surface area (Å²) in [6.07, 6.45) is 4.09. The second-order valence-corrected chi connectivity index (χ2v) is 7.52. The molecule has 1 heterocycles. The van der Waals surface area contributed by atoms with Crippen LogP contribution < -0.4 is 16.2 Å². The Morgan fingerprint density at radius 2 is 2.04 bits per heavy atom. The van der Waals surface area contributed by atoms with Gasteiger partial charge in [-0.2, -0.15) is 11.8 Å². The summed E-state index contributed by atoms with van der Waals surface area (Å²) in [4.78, 5) is 16.6. The molecule has 0 spiro atoms. The third-order valence-corrected chi connectivity index (χ3v) is 5.28. The van der Waals surface area contributed by atoms with Crippen molar-refractivity contribution in [2.75, 3.05) is 18.6 Å². The Balaban J connectivity index is 1.84. The molecule has 25 heavy (non-hydrogen) atoms. The van der Waals surface area contributed by atoms with Crippen LogP contribution in [0, 0.1) is 0 Å². The number of hydrogen-bond acceptors (Lipinski definition) is 5. The number of amides is 1. The molecule has 134 valence electrons. The van der Waals surface area contributed by atoms with Crippen molar-refractivity contribution in [2.45, 2.75) is 19.8 Å². The lowest BCUT2D eigenvalue weighted by atomic mass is 10.1. The zero-order valence-electron chi connectivity index (χ0n) is 14.3. The third kappa shape index (κ3) is 6.30. The third-order valence-electron chi connectivity index (χ3n) is 3.45. The van der Waals surface area contributed by atoms with Crippen LogP contribution in [-0.2, 0) is 6.42 Å². The van der Waals surface area contributed by atoms with Gasteiger partial charge in [-0.25, -0.2) is 4.98 Å². The second-order valence-electron chi connectivity index (χ2n) is 5.27. The van der Waals surface area contributed by atoms with Crippen molar-refractivity contribution in [3.05, 3.63) is 40.9 Å². The number of nitrogens with one attached hydrogen (secondary N) is 3. The Hall–Kier alpha value is -1.64. The van der Waals surface area contributed by atoms with Gasteiger partial charge in [0.05, 0.1) is 0 Å². The standard InChI is InChI=1S/C17H22N4OS3/c1-3-12-5-7-13(8-6-12)16-19-14(11-25-16)15(22)20-21-17(23)18-9-4-10-24-2/h5-8,11H,3-4,9-10H2,1-2H3,(H,20,22)(H2,18,21,23). The van der Waals surface area contributed by atoms with Gasteiger partial charge < -0.3 is 5.32 Å². The molecule has 0 aliphatic heterocycles. The summed E-state index contributed by atoms with van der Waals surface area (Å²) in [6.45, 7) is 2.90. The van der Waals surface area contributed by atoms with Crippen molar-refractivity contribution < 1.29 is 4.79 Å². The van der Waals surface area contributed by atoms with Gasteiger partial charge in [0.15, 0.2) is 5.11 Å². The lowest BCUT2D eigenvalue weighted by Gasteiger charge is -2.10. The highest BCUT2D eigenvalue weighted by Gasteiger charge is 2.12. The first kappa shape index (κ1) is 19.7. The van der Waals surface area contributed by atoms with Gasteiger partial charge in [-0.15, -0.1) is 11.3 Å². The van der Waals surface area contributed by atoms with E-state index in [1.54, 1.807) is 17.1 Å². The molecule has 0 atom stereocenters. The van der Waals surface area contributed by atoms with Crippen molar-refractivity contribution in [3.8, 4) is 10.6 Å². The van der Waals surface area contributed by atoms with Gasteiger partial charge in [-0.05, 0) is 42.6 Å². The number of hydrazine groups is 1. The summed E-state index contributed by atoms with van der Waals surface area (Å²) in [6, 6.07) is 8.23. The fourth-order valence-electron chi connectivity index (χ4n) is 2.03. The van der Waals surface area contributed by atoms with Crippen LogP contribution >= 0.6 is 35.3 Å². The number of hydrogen-bond donors (Lipinski definition) is 3. The number of thiocarbonyl (C=S) groups is 1. The molecule has 8 heteroatoms. The van der Waals surface area contributed by atoms with Gasteiger partial charge in [-0.3, -0.25) is 15.6 Å². The maximum Gasteiger partial charge on any atom is 0.289 e. The van der Waals surface area contributed by atoms with Crippen LogP contribution in [0.25, 0.3) is 10.6 Å². The van der Waals surface area contributed by atoms with Gasteiger partial charge in [0, 0.05) is 17.5 Å². The molecule has 0 saturated carbocycles. The van der Waals surface area contributed by atoms with E-state index in [1.807, 2.05) is 12.1 Å². The van der Waals surface area contributed by atoms with Crippen LogP contribution in [0.4, 0.5) is 0 Å². The van der Waals surface area contributed by atoms with Crippen LogP contribution in [0.2, 0.25) is 0 Å². The number of thioether (sulfide) groups is 1. The van der Waals surface area contributed by atoms with E-state index in [1.165, 1.54) is 16.9 Å². The summed E-state index contributed by atoms with van der Waals surface area (Å²) in [5.41, 5.74) is 7.93. The molecule has 0 radical (unpaired) electrons.